The van der Waals surface area contributed by atoms with Gasteiger partial charge in [-0.05, 0) is 23.6 Å². The molecule has 0 saturated carbocycles. The largest absolute Gasteiger partial charge is 0.229 e. The van der Waals surface area contributed by atoms with Crippen LogP contribution in [0.4, 0.5) is 8.78 Å². The minimum Gasteiger partial charge on any atom is -0.229 e. The number of nitrogens with zero attached hydrogens (tertiary/aromatic N) is 2. The number of thiophene rings is 1. The Hall–Kier alpha value is -1.53. The van der Waals surface area contributed by atoms with Crippen molar-refractivity contribution in [2.45, 2.75) is 9.92 Å². The standard InChI is InChI=1S/C12H6F2N2S2/c13-7-1-2-10(9(14)5-7)18-12-8-3-4-17-11(8)15-6-16-12/h1-6H. The van der Waals surface area contributed by atoms with E-state index in [1.54, 1.807) is 0 Å². The Balaban J connectivity index is 2.03. The zero-order chi connectivity index (χ0) is 12.5. The molecule has 90 valence electrons. The molecule has 3 rings (SSSR count). The van der Waals surface area contributed by atoms with Gasteiger partial charge in [0, 0.05) is 16.3 Å². The molecular weight excluding hydrogens is 274 g/mol. The van der Waals surface area contributed by atoms with Crippen LogP contribution in [-0.4, -0.2) is 9.97 Å². The van der Waals surface area contributed by atoms with E-state index >= 15 is 0 Å². The third-order valence-corrected chi connectivity index (χ3v) is 4.22. The molecule has 6 heteroatoms. The van der Waals surface area contributed by atoms with Crippen molar-refractivity contribution in [2.24, 2.45) is 0 Å². The van der Waals surface area contributed by atoms with Crippen LogP contribution in [0.1, 0.15) is 0 Å². The first-order chi connectivity index (χ1) is 8.74. The second kappa shape index (κ2) is 4.62. The van der Waals surface area contributed by atoms with Gasteiger partial charge in [0.2, 0.25) is 0 Å². The highest BCUT2D eigenvalue weighted by atomic mass is 32.2. The normalized spacial score (nSPS) is 11.0. The van der Waals surface area contributed by atoms with Crippen LogP contribution in [0.3, 0.4) is 0 Å². The van der Waals surface area contributed by atoms with Gasteiger partial charge in [0.1, 0.15) is 27.8 Å². The number of halogens is 2. The lowest BCUT2D eigenvalue weighted by atomic mass is 10.3. The highest BCUT2D eigenvalue weighted by Crippen LogP contribution is 2.34. The number of fused-ring (bicyclic) bond motifs is 1. The molecule has 1 aromatic carbocycles. The summed E-state index contributed by atoms with van der Waals surface area (Å²) in [6.07, 6.45) is 1.45. The third-order valence-electron chi connectivity index (χ3n) is 2.33. The van der Waals surface area contributed by atoms with E-state index in [4.69, 9.17) is 0 Å². The lowest BCUT2D eigenvalue weighted by Crippen LogP contribution is -1.87. The van der Waals surface area contributed by atoms with E-state index in [-0.39, 0.29) is 0 Å². The van der Waals surface area contributed by atoms with Crippen LogP contribution in [0.15, 0.2) is 45.9 Å². The Morgan fingerprint density at radius 1 is 1.11 bits per heavy atom. The number of rotatable bonds is 2. The number of hydrogen-bond acceptors (Lipinski definition) is 4. The third kappa shape index (κ3) is 2.09. The predicted octanol–water partition coefficient (Wildman–Crippen LogP) is 4.12. The second-order valence-electron chi connectivity index (χ2n) is 3.50. The fourth-order valence-corrected chi connectivity index (χ4v) is 3.18. The molecule has 2 nitrogen and oxygen atoms in total. The summed E-state index contributed by atoms with van der Waals surface area (Å²) >= 11 is 2.67. The maximum absolute atomic E-state index is 13.6. The molecule has 0 amide bonds. The molecule has 0 spiro atoms. The molecule has 0 unspecified atom stereocenters. The molecule has 0 N–H and O–H groups in total. The predicted molar refractivity (Wildman–Crippen MR) is 67.9 cm³/mol. The maximum Gasteiger partial charge on any atom is 0.140 e. The molecular formula is C12H6F2N2S2. The van der Waals surface area contributed by atoms with Crippen LogP contribution in [0.2, 0.25) is 0 Å². The summed E-state index contributed by atoms with van der Waals surface area (Å²) in [5.41, 5.74) is 0. The first-order valence-electron chi connectivity index (χ1n) is 5.05. The number of benzene rings is 1. The van der Waals surface area contributed by atoms with Gasteiger partial charge in [0.15, 0.2) is 0 Å². The van der Waals surface area contributed by atoms with Crippen molar-refractivity contribution in [3.05, 3.63) is 47.6 Å². The molecule has 0 bridgehead atoms. The summed E-state index contributed by atoms with van der Waals surface area (Å²) in [4.78, 5) is 9.46. The Bertz CT molecular complexity index is 712. The van der Waals surface area contributed by atoms with E-state index in [9.17, 15) is 8.78 Å². The minimum atomic E-state index is -0.583. The van der Waals surface area contributed by atoms with Crippen molar-refractivity contribution in [1.29, 1.82) is 0 Å². The van der Waals surface area contributed by atoms with Crippen molar-refractivity contribution in [1.82, 2.24) is 9.97 Å². The molecule has 2 heterocycles. The van der Waals surface area contributed by atoms with Crippen molar-refractivity contribution in [3.63, 3.8) is 0 Å². The van der Waals surface area contributed by atoms with Crippen LogP contribution in [0.5, 0.6) is 0 Å². The highest BCUT2D eigenvalue weighted by molar-refractivity contribution is 7.99. The zero-order valence-electron chi connectivity index (χ0n) is 8.93. The van der Waals surface area contributed by atoms with Crippen molar-refractivity contribution < 1.29 is 8.78 Å². The first-order valence-corrected chi connectivity index (χ1v) is 6.75. The summed E-state index contributed by atoms with van der Waals surface area (Å²) < 4.78 is 26.4. The van der Waals surface area contributed by atoms with Crippen LogP contribution in [-0.2, 0) is 0 Å². The average Bonchev–Trinajstić information content (AvgIpc) is 2.82. The number of hydrogen-bond donors (Lipinski definition) is 0. The first kappa shape index (κ1) is 11.6. The molecule has 18 heavy (non-hydrogen) atoms. The van der Waals surface area contributed by atoms with Crippen LogP contribution < -0.4 is 0 Å². The maximum atomic E-state index is 13.6. The Morgan fingerprint density at radius 2 is 2.00 bits per heavy atom. The van der Waals surface area contributed by atoms with Gasteiger partial charge in [-0.1, -0.05) is 11.8 Å². The van der Waals surface area contributed by atoms with Gasteiger partial charge in [-0.25, -0.2) is 18.7 Å². The lowest BCUT2D eigenvalue weighted by Gasteiger charge is -2.03. The minimum absolute atomic E-state index is 0.350. The molecule has 0 aliphatic rings. The van der Waals surface area contributed by atoms with Crippen molar-refractivity contribution in [3.8, 4) is 0 Å². The van der Waals surface area contributed by atoms with Crippen LogP contribution >= 0.6 is 23.1 Å². The van der Waals surface area contributed by atoms with E-state index in [1.807, 2.05) is 11.4 Å². The van der Waals surface area contributed by atoms with Gasteiger partial charge < -0.3 is 0 Å². The van der Waals surface area contributed by atoms with Crippen LogP contribution in [0.25, 0.3) is 10.2 Å². The average molecular weight is 280 g/mol. The Morgan fingerprint density at radius 3 is 2.83 bits per heavy atom. The van der Waals surface area contributed by atoms with Crippen molar-refractivity contribution >= 4 is 33.3 Å². The monoisotopic (exact) mass is 280 g/mol. The topological polar surface area (TPSA) is 25.8 Å². The summed E-state index contributed by atoms with van der Waals surface area (Å²) in [7, 11) is 0. The molecule has 0 aliphatic carbocycles. The highest BCUT2D eigenvalue weighted by Gasteiger charge is 2.10. The van der Waals surface area contributed by atoms with E-state index in [0.29, 0.717) is 9.92 Å². The fourth-order valence-electron chi connectivity index (χ4n) is 1.51. The van der Waals surface area contributed by atoms with E-state index in [2.05, 4.69) is 9.97 Å². The van der Waals surface area contributed by atoms with E-state index in [1.165, 1.54) is 41.6 Å². The van der Waals surface area contributed by atoms with Gasteiger partial charge in [0.25, 0.3) is 0 Å². The molecule has 2 aromatic heterocycles. The smallest absolute Gasteiger partial charge is 0.140 e. The second-order valence-corrected chi connectivity index (χ2v) is 5.42. The Kier molecular flexibility index (Phi) is 2.97. The lowest BCUT2D eigenvalue weighted by molar-refractivity contribution is 0.565. The Labute approximate surface area is 110 Å². The molecule has 3 aromatic rings. The van der Waals surface area contributed by atoms with E-state index < -0.39 is 11.6 Å². The zero-order valence-corrected chi connectivity index (χ0v) is 10.6. The van der Waals surface area contributed by atoms with Gasteiger partial charge in [-0.2, -0.15) is 0 Å². The fraction of sp³-hybridized carbons (Fsp3) is 0. The van der Waals surface area contributed by atoms with Gasteiger partial charge in [-0.15, -0.1) is 11.3 Å². The molecule has 0 radical (unpaired) electrons. The number of aromatic nitrogens is 2. The SMILES string of the molecule is Fc1ccc(Sc2ncnc3sccc23)c(F)c1. The summed E-state index contributed by atoms with van der Waals surface area (Å²) in [6.45, 7) is 0. The van der Waals surface area contributed by atoms with Gasteiger partial charge >= 0.3 is 0 Å². The summed E-state index contributed by atoms with van der Waals surface area (Å²) in [5, 5.41) is 3.47. The quantitative estimate of drug-likeness (QED) is 0.660. The van der Waals surface area contributed by atoms with Crippen LogP contribution in [0, 0.1) is 11.6 Å². The van der Waals surface area contributed by atoms with E-state index in [0.717, 1.165) is 16.3 Å². The molecule has 0 fully saturated rings. The molecule has 0 aliphatic heterocycles. The summed E-state index contributed by atoms with van der Waals surface area (Å²) in [5.74, 6) is -1.16. The van der Waals surface area contributed by atoms with Gasteiger partial charge in [-0.3, -0.25) is 0 Å². The molecule has 0 atom stereocenters. The summed E-state index contributed by atoms with van der Waals surface area (Å²) in [6, 6.07) is 5.41. The van der Waals surface area contributed by atoms with Gasteiger partial charge in [0.05, 0.1) is 0 Å². The van der Waals surface area contributed by atoms with Crippen molar-refractivity contribution in [2.75, 3.05) is 0 Å². The molecule has 0 saturated heterocycles.